The lowest BCUT2D eigenvalue weighted by atomic mass is 9.95. The average Bonchev–Trinajstić information content (AvgIpc) is 2.57. The molecule has 0 heterocycles. The summed E-state index contributed by atoms with van der Waals surface area (Å²) in [5.41, 5.74) is 6.74. The second-order valence-electron chi connectivity index (χ2n) is 6.86. The molecule has 0 aliphatic carbocycles. The number of hydrogen-bond acceptors (Lipinski definition) is 2. The van der Waals surface area contributed by atoms with E-state index in [2.05, 4.69) is 11.6 Å². The molecule has 0 atom stereocenters. The van der Waals surface area contributed by atoms with Crippen LogP contribution in [0.1, 0.15) is 53.1 Å². The van der Waals surface area contributed by atoms with E-state index in [0.29, 0.717) is 10.6 Å². The van der Waals surface area contributed by atoms with Gasteiger partial charge >= 0.3 is 0 Å². The lowest BCUT2D eigenvalue weighted by molar-refractivity contribution is 0.599. The summed E-state index contributed by atoms with van der Waals surface area (Å²) in [6.07, 6.45) is 3.32. The molecular formula is C21H29NO2S. The van der Waals surface area contributed by atoms with Crippen LogP contribution in [0.2, 0.25) is 0 Å². The molecule has 0 aliphatic heterocycles. The Hall–Kier alpha value is -1.81. The molecule has 3 nitrogen and oxygen atoms in total. The van der Waals surface area contributed by atoms with Gasteiger partial charge in [-0.3, -0.25) is 4.72 Å². The van der Waals surface area contributed by atoms with Gasteiger partial charge in [0.1, 0.15) is 0 Å². The Morgan fingerprint density at radius 2 is 1.28 bits per heavy atom. The van der Waals surface area contributed by atoms with Gasteiger partial charge in [-0.25, -0.2) is 8.42 Å². The Balaban J connectivity index is 2.37. The van der Waals surface area contributed by atoms with Crippen LogP contribution in [0.4, 0.5) is 5.69 Å². The first kappa shape index (κ1) is 19.5. The van der Waals surface area contributed by atoms with E-state index in [-0.39, 0.29) is 0 Å². The third-order valence-electron chi connectivity index (χ3n) is 5.23. The van der Waals surface area contributed by atoms with Crippen LogP contribution in [0.15, 0.2) is 29.2 Å². The Morgan fingerprint density at radius 1 is 0.800 bits per heavy atom. The number of unbranched alkanes of at least 4 members (excludes halogenated alkanes) is 1. The highest BCUT2D eigenvalue weighted by atomic mass is 32.2. The Morgan fingerprint density at radius 3 is 1.76 bits per heavy atom. The summed E-state index contributed by atoms with van der Waals surface area (Å²) in [5, 5.41) is 0. The van der Waals surface area contributed by atoms with Crippen LogP contribution >= 0.6 is 0 Å². The van der Waals surface area contributed by atoms with Crippen LogP contribution in [-0.2, 0) is 16.4 Å². The van der Waals surface area contributed by atoms with Crippen LogP contribution in [0.25, 0.3) is 0 Å². The number of benzene rings is 2. The highest BCUT2D eigenvalue weighted by Gasteiger charge is 2.23. The second-order valence-corrected chi connectivity index (χ2v) is 8.48. The summed E-state index contributed by atoms with van der Waals surface area (Å²) in [6.45, 7) is 12.0. The molecule has 136 valence electrons. The lowest BCUT2D eigenvalue weighted by Gasteiger charge is -2.19. The minimum Gasteiger partial charge on any atom is -0.280 e. The second kappa shape index (κ2) is 7.61. The van der Waals surface area contributed by atoms with Gasteiger partial charge in [0, 0.05) is 5.69 Å². The van der Waals surface area contributed by atoms with Gasteiger partial charge in [0.2, 0.25) is 0 Å². The van der Waals surface area contributed by atoms with E-state index in [9.17, 15) is 8.42 Å². The summed E-state index contributed by atoms with van der Waals surface area (Å²) in [4.78, 5) is 0.406. The standard InChI is InChI=1S/C21H29NO2S/c1-7-8-9-19-10-12-20(13-11-19)22-25(23,24)21-17(5)15(3)14(2)16(4)18(21)6/h10-13,22H,7-9H2,1-6H3. The summed E-state index contributed by atoms with van der Waals surface area (Å²) in [6, 6.07) is 7.69. The van der Waals surface area contributed by atoms with E-state index in [1.165, 1.54) is 5.56 Å². The predicted molar refractivity (Wildman–Crippen MR) is 106 cm³/mol. The maximum absolute atomic E-state index is 13.0. The van der Waals surface area contributed by atoms with E-state index in [4.69, 9.17) is 0 Å². The molecular weight excluding hydrogens is 330 g/mol. The van der Waals surface area contributed by atoms with Crippen molar-refractivity contribution in [2.75, 3.05) is 4.72 Å². The number of hydrogen-bond donors (Lipinski definition) is 1. The van der Waals surface area contributed by atoms with E-state index in [0.717, 1.165) is 47.1 Å². The normalized spacial score (nSPS) is 11.6. The monoisotopic (exact) mass is 359 g/mol. The van der Waals surface area contributed by atoms with Crippen molar-refractivity contribution in [1.29, 1.82) is 0 Å². The maximum atomic E-state index is 13.0. The lowest BCUT2D eigenvalue weighted by Crippen LogP contribution is -2.17. The van der Waals surface area contributed by atoms with Gasteiger partial charge in [0.25, 0.3) is 10.0 Å². The zero-order valence-electron chi connectivity index (χ0n) is 16.2. The molecule has 0 unspecified atom stereocenters. The molecule has 1 N–H and O–H groups in total. The van der Waals surface area contributed by atoms with Crippen molar-refractivity contribution in [2.24, 2.45) is 0 Å². The van der Waals surface area contributed by atoms with Crippen LogP contribution in [-0.4, -0.2) is 8.42 Å². The SMILES string of the molecule is CCCCc1ccc(NS(=O)(=O)c2c(C)c(C)c(C)c(C)c2C)cc1. The van der Waals surface area contributed by atoms with Crippen LogP contribution in [0.5, 0.6) is 0 Å². The molecule has 0 aromatic heterocycles. The molecule has 4 heteroatoms. The quantitative estimate of drug-likeness (QED) is 0.753. The number of sulfonamides is 1. The molecule has 0 fully saturated rings. The van der Waals surface area contributed by atoms with Crippen molar-refractivity contribution in [3.63, 3.8) is 0 Å². The van der Waals surface area contributed by atoms with Gasteiger partial charge in [0.15, 0.2) is 0 Å². The smallest absolute Gasteiger partial charge is 0.262 e. The van der Waals surface area contributed by atoms with E-state index < -0.39 is 10.0 Å². The van der Waals surface area contributed by atoms with Crippen LogP contribution < -0.4 is 4.72 Å². The van der Waals surface area contributed by atoms with Crippen molar-refractivity contribution in [1.82, 2.24) is 0 Å². The van der Waals surface area contributed by atoms with Crippen molar-refractivity contribution >= 4 is 15.7 Å². The molecule has 2 rings (SSSR count). The molecule has 0 aliphatic rings. The van der Waals surface area contributed by atoms with E-state index >= 15 is 0 Å². The summed E-state index contributed by atoms with van der Waals surface area (Å²) < 4.78 is 28.8. The molecule has 0 radical (unpaired) electrons. The van der Waals surface area contributed by atoms with Crippen molar-refractivity contribution < 1.29 is 8.42 Å². The molecule has 0 bridgehead atoms. The van der Waals surface area contributed by atoms with Gasteiger partial charge < -0.3 is 0 Å². The first-order chi connectivity index (χ1) is 11.7. The molecule has 2 aromatic carbocycles. The molecule has 25 heavy (non-hydrogen) atoms. The number of aryl methyl sites for hydroxylation is 1. The highest BCUT2D eigenvalue weighted by Crippen LogP contribution is 2.30. The van der Waals surface area contributed by atoms with Crippen LogP contribution in [0.3, 0.4) is 0 Å². The fourth-order valence-electron chi connectivity index (χ4n) is 3.20. The summed E-state index contributed by atoms with van der Waals surface area (Å²) in [7, 11) is -3.62. The zero-order valence-corrected chi connectivity index (χ0v) is 17.0. The highest BCUT2D eigenvalue weighted by molar-refractivity contribution is 7.92. The van der Waals surface area contributed by atoms with Crippen LogP contribution in [0, 0.1) is 34.6 Å². The van der Waals surface area contributed by atoms with Gasteiger partial charge in [-0.2, -0.15) is 0 Å². The number of rotatable bonds is 6. The fourth-order valence-corrected chi connectivity index (χ4v) is 4.86. The first-order valence-corrected chi connectivity index (χ1v) is 10.4. The molecule has 0 spiro atoms. The molecule has 0 amide bonds. The summed E-state index contributed by atoms with van der Waals surface area (Å²) >= 11 is 0. The van der Waals surface area contributed by atoms with Gasteiger partial charge in [-0.05, 0) is 93.0 Å². The Kier molecular flexibility index (Phi) is 5.94. The van der Waals surface area contributed by atoms with E-state index in [1.54, 1.807) is 0 Å². The average molecular weight is 360 g/mol. The number of nitrogens with one attached hydrogen (secondary N) is 1. The molecule has 2 aromatic rings. The predicted octanol–water partition coefficient (Wildman–Crippen LogP) is 5.37. The van der Waals surface area contributed by atoms with Gasteiger partial charge in [0.05, 0.1) is 4.90 Å². The maximum Gasteiger partial charge on any atom is 0.262 e. The fraction of sp³-hybridized carbons (Fsp3) is 0.429. The largest absolute Gasteiger partial charge is 0.280 e. The Labute approximate surface area is 152 Å². The van der Waals surface area contributed by atoms with Crippen molar-refractivity contribution in [3.05, 3.63) is 57.6 Å². The van der Waals surface area contributed by atoms with Crippen molar-refractivity contribution in [2.45, 2.75) is 65.7 Å². The molecule has 0 saturated carbocycles. The third kappa shape index (κ3) is 4.06. The topological polar surface area (TPSA) is 46.2 Å². The van der Waals surface area contributed by atoms with Gasteiger partial charge in [-0.15, -0.1) is 0 Å². The molecule has 0 saturated heterocycles. The number of anilines is 1. The van der Waals surface area contributed by atoms with Crippen molar-refractivity contribution in [3.8, 4) is 0 Å². The summed E-state index contributed by atoms with van der Waals surface area (Å²) in [5.74, 6) is 0. The van der Waals surface area contributed by atoms with E-state index in [1.807, 2.05) is 58.9 Å². The first-order valence-electron chi connectivity index (χ1n) is 8.87. The third-order valence-corrected chi connectivity index (χ3v) is 6.88. The minimum atomic E-state index is -3.62. The minimum absolute atomic E-state index is 0.406. The Bertz CT molecular complexity index is 837. The zero-order chi connectivity index (χ0) is 18.8. The van der Waals surface area contributed by atoms with Gasteiger partial charge in [-0.1, -0.05) is 25.5 Å².